The summed E-state index contributed by atoms with van der Waals surface area (Å²) in [6.07, 6.45) is 18.4. The molecule has 0 radical (unpaired) electrons. The smallest absolute Gasteiger partial charge is 0.228 e. The van der Waals surface area contributed by atoms with Gasteiger partial charge in [0.25, 0.3) is 0 Å². The Morgan fingerprint density at radius 3 is 2.30 bits per heavy atom. The van der Waals surface area contributed by atoms with Gasteiger partial charge in [-0.05, 0) is 36.7 Å². The van der Waals surface area contributed by atoms with Gasteiger partial charge in [-0.25, -0.2) is 0 Å². The molecule has 0 aromatic heterocycles. The van der Waals surface area contributed by atoms with Crippen LogP contribution in [0.3, 0.4) is 0 Å². The molecule has 0 saturated carbocycles. The van der Waals surface area contributed by atoms with Gasteiger partial charge in [0.15, 0.2) is 11.5 Å². The Hall–Kier alpha value is -1.97. The average molecular weight is 376 g/mol. The molecule has 1 rings (SSSR count). The molecule has 27 heavy (non-hydrogen) atoms. The number of unbranched alkanes of at least 4 members (excludes halogenated alkanes) is 10. The van der Waals surface area contributed by atoms with Crippen LogP contribution < -0.4 is 10.1 Å². The van der Waals surface area contributed by atoms with Gasteiger partial charge in [0.2, 0.25) is 5.91 Å². The Balaban J connectivity index is 2.03. The maximum atomic E-state index is 11.9. The lowest BCUT2D eigenvalue weighted by atomic mass is 10.1. The molecule has 152 valence electrons. The zero-order valence-corrected chi connectivity index (χ0v) is 17.1. The summed E-state index contributed by atoms with van der Waals surface area (Å²) in [5, 5.41) is 12.4. The highest BCUT2D eigenvalue weighted by Gasteiger charge is 2.06. The normalized spacial score (nSPS) is 11.0. The molecule has 1 aromatic rings. The van der Waals surface area contributed by atoms with Crippen LogP contribution in [0.5, 0.6) is 11.5 Å². The molecule has 1 amide bonds. The van der Waals surface area contributed by atoms with Crippen molar-refractivity contribution in [2.75, 3.05) is 7.11 Å². The van der Waals surface area contributed by atoms with Crippen LogP contribution in [0, 0.1) is 0 Å². The number of methoxy groups -OCH3 is 1. The summed E-state index contributed by atoms with van der Waals surface area (Å²) < 4.78 is 5.05. The summed E-state index contributed by atoms with van der Waals surface area (Å²) in [6.45, 7) is 2.26. The number of hydrogen-bond acceptors (Lipinski definition) is 3. The SMILES string of the molecule is CCCCCCCCCCCCC=CNC(=O)Cc1ccc(O)c(OC)c1. The number of benzene rings is 1. The minimum atomic E-state index is -0.0675. The summed E-state index contributed by atoms with van der Waals surface area (Å²) in [7, 11) is 1.50. The Morgan fingerprint density at radius 2 is 1.67 bits per heavy atom. The Morgan fingerprint density at radius 1 is 1.04 bits per heavy atom. The van der Waals surface area contributed by atoms with E-state index >= 15 is 0 Å². The van der Waals surface area contributed by atoms with Gasteiger partial charge in [0.1, 0.15) is 0 Å². The van der Waals surface area contributed by atoms with E-state index in [-0.39, 0.29) is 18.1 Å². The molecule has 0 saturated heterocycles. The molecule has 4 nitrogen and oxygen atoms in total. The van der Waals surface area contributed by atoms with Crippen molar-refractivity contribution in [3.63, 3.8) is 0 Å². The molecule has 2 N–H and O–H groups in total. The lowest BCUT2D eigenvalue weighted by molar-refractivity contribution is -0.119. The van der Waals surface area contributed by atoms with Crippen LogP contribution >= 0.6 is 0 Å². The molecular formula is C23H37NO3. The Kier molecular flexibility index (Phi) is 12.9. The van der Waals surface area contributed by atoms with Crippen LogP contribution in [-0.2, 0) is 11.2 Å². The third-order valence-corrected chi connectivity index (χ3v) is 4.70. The first-order chi connectivity index (χ1) is 13.2. The zero-order chi connectivity index (χ0) is 19.7. The second-order valence-electron chi connectivity index (χ2n) is 7.12. The van der Waals surface area contributed by atoms with Crippen molar-refractivity contribution >= 4 is 5.91 Å². The van der Waals surface area contributed by atoms with E-state index in [0.717, 1.165) is 12.0 Å². The van der Waals surface area contributed by atoms with Crippen molar-refractivity contribution < 1.29 is 14.6 Å². The number of allylic oxidation sites excluding steroid dienone is 1. The summed E-state index contributed by atoms with van der Waals surface area (Å²) in [4.78, 5) is 11.9. The van der Waals surface area contributed by atoms with Crippen molar-refractivity contribution in [3.05, 3.63) is 36.0 Å². The fraction of sp³-hybridized carbons (Fsp3) is 0.609. The fourth-order valence-electron chi connectivity index (χ4n) is 3.05. The van der Waals surface area contributed by atoms with Crippen LogP contribution in [0.4, 0.5) is 0 Å². The van der Waals surface area contributed by atoms with Gasteiger partial charge in [-0.2, -0.15) is 0 Å². The lowest BCUT2D eigenvalue weighted by Gasteiger charge is -2.06. The highest BCUT2D eigenvalue weighted by Crippen LogP contribution is 2.26. The number of aromatic hydroxyl groups is 1. The average Bonchev–Trinajstić information content (AvgIpc) is 2.67. The van der Waals surface area contributed by atoms with Crippen LogP contribution in [0.1, 0.15) is 83.1 Å². The van der Waals surface area contributed by atoms with Gasteiger partial charge in [-0.1, -0.05) is 76.9 Å². The molecule has 0 aliphatic heterocycles. The van der Waals surface area contributed by atoms with Gasteiger partial charge >= 0.3 is 0 Å². The molecule has 0 unspecified atom stereocenters. The van der Waals surface area contributed by atoms with Crippen molar-refractivity contribution in [2.45, 2.75) is 84.0 Å². The van der Waals surface area contributed by atoms with Gasteiger partial charge in [0.05, 0.1) is 13.5 Å². The van der Waals surface area contributed by atoms with E-state index in [0.29, 0.717) is 5.75 Å². The van der Waals surface area contributed by atoms with Crippen LogP contribution in [0.15, 0.2) is 30.5 Å². The quantitative estimate of drug-likeness (QED) is 0.376. The summed E-state index contributed by atoms with van der Waals surface area (Å²) in [6, 6.07) is 4.95. The number of rotatable bonds is 15. The first-order valence-corrected chi connectivity index (χ1v) is 10.5. The predicted molar refractivity (Wildman–Crippen MR) is 112 cm³/mol. The summed E-state index contributed by atoms with van der Waals surface area (Å²) in [5.74, 6) is 0.400. The number of amides is 1. The minimum absolute atomic E-state index is 0.0675. The second-order valence-corrected chi connectivity index (χ2v) is 7.12. The van der Waals surface area contributed by atoms with Crippen LogP contribution in [-0.4, -0.2) is 18.1 Å². The molecular weight excluding hydrogens is 338 g/mol. The number of phenols is 1. The first kappa shape index (κ1) is 23.1. The van der Waals surface area contributed by atoms with Gasteiger partial charge in [-0.3, -0.25) is 4.79 Å². The Labute approximate surface area is 165 Å². The molecule has 0 atom stereocenters. The predicted octanol–water partition coefficient (Wildman–Crippen LogP) is 5.88. The molecule has 0 bridgehead atoms. The summed E-state index contributed by atoms with van der Waals surface area (Å²) >= 11 is 0. The molecule has 4 heteroatoms. The maximum Gasteiger partial charge on any atom is 0.228 e. The molecule has 0 fully saturated rings. The van der Waals surface area contributed by atoms with Crippen molar-refractivity contribution in [1.82, 2.24) is 5.32 Å². The van der Waals surface area contributed by atoms with E-state index in [1.54, 1.807) is 24.4 Å². The second kappa shape index (κ2) is 15.1. The van der Waals surface area contributed by atoms with Crippen molar-refractivity contribution in [3.8, 4) is 11.5 Å². The van der Waals surface area contributed by atoms with Gasteiger partial charge in [-0.15, -0.1) is 0 Å². The maximum absolute atomic E-state index is 11.9. The molecule has 0 aliphatic rings. The van der Waals surface area contributed by atoms with E-state index < -0.39 is 0 Å². The lowest BCUT2D eigenvalue weighted by Crippen LogP contribution is -2.19. The van der Waals surface area contributed by atoms with E-state index in [1.165, 1.54) is 71.3 Å². The van der Waals surface area contributed by atoms with Gasteiger partial charge < -0.3 is 15.2 Å². The number of phenolic OH excluding ortho intramolecular Hbond substituents is 1. The summed E-state index contributed by atoms with van der Waals surface area (Å²) in [5.41, 5.74) is 0.810. The number of nitrogens with one attached hydrogen (secondary N) is 1. The topological polar surface area (TPSA) is 58.6 Å². The van der Waals surface area contributed by atoms with Crippen LogP contribution in [0.2, 0.25) is 0 Å². The first-order valence-electron chi connectivity index (χ1n) is 10.5. The highest BCUT2D eigenvalue weighted by atomic mass is 16.5. The molecule has 1 aromatic carbocycles. The molecule has 0 heterocycles. The minimum Gasteiger partial charge on any atom is -0.504 e. The van der Waals surface area contributed by atoms with Crippen LogP contribution in [0.25, 0.3) is 0 Å². The number of ether oxygens (including phenoxy) is 1. The zero-order valence-electron chi connectivity index (χ0n) is 17.1. The van der Waals surface area contributed by atoms with Gasteiger partial charge in [0, 0.05) is 0 Å². The van der Waals surface area contributed by atoms with Crippen molar-refractivity contribution in [2.24, 2.45) is 0 Å². The third-order valence-electron chi connectivity index (χ3n) is 4.70. The van der Waals surface area contributed by atoms with E-state index in [2.05, 4.69) is 12.2 Å². The third kappa shape index (κ3) is 11.4. The fourth-order valence-corrected chi connectivity index (χ4v) is 3.05. The molecule has 0 aliphatic carbocycles. The monoisotopic (exact) mass is 375 g/mol. The largest absolute Gasteiger partial charge is 0.504 e. The van der Waals surface area contributed by atoms with E-state index in [1.807, 2.05) is 6.08 Å². The standard InChI is InChI=1S/C23H37NO3/c1-3-4-5-6-7-8-9-10-11-12-13-14-17-24-23(26)19-20-15-16-21(25)22(18-20)27-2/h14-18,25H,3-13,19H2,1-2H3,(H,24,26). The number of hydrogen-bond donors (Lipinski definition) is 2. The molecule has 0 spiro atoms. The van der Waals surface area contributed by atoms with E-state index in [4.69, 9.17) is 4.74 Å². The Bertz CT molecular complexity index is 555. The number of carbonyl (C=O) groups excluding carboxylic acids is 1. The number of carbonyl (C=O) groups is 1. The van der Waals surface area contributed by atoms with Crippen molar-refractivity contribution in [1.29, 1.82) is 0 Å². The van der Waals surface area contributed by atoms with E-state index in [9.17, 15) is 9.90 Å². The highest BCUT2D eigenvalue weighted by molar-refractivity contribution is 5.79.